The van der Waals surface area contributed by atoms with Gasteiger partial charge in [0.2, 0.25) is 0 Å². The normalized spacial score (nSPS) is 12.1. The Kier molecular flexibility index (Phi) is 9.73. The van der Waals surface area contributed by atoms with Crippen LogP contribution in [0.15, 0.2) is 12.7 Å². The molecule has 0 amide bonds. The van der Waals surface area contributed by atoms with Gasteiger partial charge in [-0.2, -0.15) is 11.8 Å². The minimum atomic E-state index is -0.122. The van der Waals surface area contributed by atoms with Gasteiger partial charge in [0, 0.05) is 24.6 Å². The second-order valence-electron chi connectivity index (χ2n) is 3.22. The van der Waals surface area contributed by atoms with Crippen LogP contribution in [0.5, 0.6) is 0 Å². The molecule has 0 bridgehead atoms. The summed E-state index contributed by atoms with van der Waals surface area (Å²) in [5.41, 5.74) is 0. The van der Waals surface area contributed by atoms with Gasteiger partial charge < -0.3 is 10.1 Å². The van der Waals surface area contributed by atoms with Gasteiger partial charge in [-0.1, -0.05) is 13.0 Å². The van der Waals surface area contributed by atoms with Crippen molar-refractivity contribution in [3.63, 3.8) is 0 Å². The van der Waals surface area contributed by atoms with E-state index in [1.54, 1.807) is 0 Å². The van der Waals surface area contributed by atoms with Gasteiger partial charge in [0.05, 0.1) is 12.5 Å². The van der Waals surface area contributed by atoms with Crippen LogP contribution in [0.2, 0.25) is 0 Å². The molecule has 1 N–H and O–H groups in total. The van der Waals surface area contributed by atoms with E-state index in [9.17, 15) is 4.79 Å². The summed E-state index contributed by atoms with van der Waals surface area (Å²) in [4.78, 5) is 11.2. The van der Waals surface area contributed by atoms with E-state index in [2.05, 4.69) is 11.9 Å². The fourth-order valence-corrected chi connectivity index (χ4v) is 1.62. The van der Waals surface area contributed by atoms with Gasteiger partial charge in [0.25, 0.3) is 0 Å². The van der Waals surface area contributed by atoms with Crippen molar-refractivity contribution in [1.29, 1.82) is 0 Å². The smallest absolute Gasteiger partial charge is 0.309 e. The number of carbonyl (C=O) groups excluding carboxylic acids is 1. The van der Waals surface area contributed by atoms with Crippen LogP contribution in [-0.4, -0.2) is 37.2 Å². The third-order valence-corrected chi connectivity index (χ3v) is 2.76. The molecule has 0 aromatic heterocycles. The molecule has 1 unspecified atom stereocenters. The molecule has 3 nitrogen and oxygen atoms in total. The topological polar surface area (TPSA) is 38.3 Å². The zero-order valence-electron chi connectivity index (χ0n) is 9.62. The van der Waals surface area contributed by atoms with Gasteiger partial charge in [0.1, 0.15) is 0 Å². The molecule has 0 spiro atoms. The molecule has 0 aliphatic rings. The number of hydrogen-bond donors (Lipinski definition) is 1. The third kappa shape index (κ3) is 8.51. The van der Waals surface area contributed by atoms with Crippen molar-refractivity contribution in [3.8, 4) is 0 Å². The van der Waals surface area contributed by atoms with E-state index in [0.717, 1.165) is 18.1 Å². The Morgan fingerprint density at radius 3 is 3.00 bits per heavy atom. The van der Waals surface area contributed by atoms with Crippen LogP contribution in [0.3, 0.4) is 0 Å². The van der Waals surface area contributed by atoms with Crippen LogP contribution in [0.1, 0.15) is 13.8 Å². The van der Waals surface area contributed by atoms with Crippen molar-refractivity contribution in [2.45, 2.75) is 13.8 Å². The minimum absolute atomic E-state index is 0.0608. The van der Waals surface area contributed by atoms with Crippen molar-refractivity contribution in [2.24, 2.45) is 5.92 Å². The summed E-state index contributed by atoms with van der Waals surface area (Å²) in [5, 5.41) is 3.23. The summed E-state index contributed by atoms with van der Waals surface area (Å²) in [6.45, 7) is 9.41. The van der Waals surface area contributed by atoms with Gasteiger partial charge >= 0.3 is 5.97 Å². The summed E-state index contributed by atoms with van der Waals surface area (Å²) >= 11 is 1.83. The Balaban J connectivity index is 3.34. The number of ether oxygens (including phenoxy) is 1. The van der Waals surface area contributed by atoms with Crippen molar-refractivity contribution in [1.82, 2.24) is 5.32 Å². The summed E-state index contributed by atoms with van der Waals surface area (Å²) < 4.78 is 4.90. The van der Waals surface area contributed by atoms with Gasteiger partial charge in [-0.25, -0.2) is 0 Å². The summed E-state index contributed by atoms with van der Waals surface area (Å²) in [6.07, 6.45) is 1.89. The van der Waals surface area contributed by atoms with Crippen molar-refractivity contribution < 1.29 is 9.53 Å². The number of nitrogens with one attached hydrogen (secondary N) is 1. The lowest BCUT2D eigenvalue weighted by molar-refractivity contribution is -0.147. The largest absolute Gasteiger partial charge is 0.466 e. The highest BCUT2D eigenvalue weighted by Crippen LogP contribution is 1.99. The molecule has 0 aliphatic heterocycles. The fourth-order valence-electron chi connectivity index (χ4n) is 0.997. The molecule has 0 saturated carbocycles. The molecule has 0 aliphatic carbocycles. The van der Waals surface area contributed by atoms with Crippen LogP contribution in [-0.2, 0) is 9.53 Å². The Bertz CT molecular complexity index is 185. The molecule has 0 aromatic rings. The first-order valence-electron chi connectivity index (χ1n) is 5.28. The molecule has 0 saturated heterocycles. The molecule has 0 rings (SSSR count). The maximum atomic E-state index is 11.2. The third-order valence-electron chi connectivity index (χ3n) is 1.80. The number of carbonyl (C=O) groups is 1. The second-order valence-corrected chi connectivity index (χ2v) is 4.37. The first kappa shape index (κ1) is 14.5. The molecule has 0 heterocycles. The molecule has 0 fully saturated rings. The maximum absolute atomic E-state index is 11.2. The Labute approximate surface area is 96.6 Å². The highest BCUT2D eigenvalue weighted by molar-refractivity contribution is 7.99. The highest BCUT2D eigenvalue weighted by Gasteiger charge is 2.12. The predicted octanol–water partition coefficient (Wildman–Crippen LogP) is 1.69. The molecule has 4 heteroatoms. The SMILES string of the molecule is C=CCSCCNCC(C)C(=O)OCC. The van der Waals surface area contributed by atoms with Gasteiger partial charge in [0.15, 0.2) is 0 Å². The Hall–Kier alpha value is -0.480. The quantitative estimate of drug-likeness (QED) is 0.372. The monoisotopic (exact) mass is 231 g/mol. The van der Waals surface area contributed by atoms with E-state index in [0.29, 0.717) is 13.2 Å². The fraction of sp³-hybridized carbons (Fsp3) is 0.727. The van der Waals surface area contributed by atoms with E-state index < -0.39 is 0 Å². The average molecular weight is 231 g/mol. The Morgan fingerprint density at radius 1 is 1.67 bits per heavy atom. The zero-order valence-corrected chi connectivity index (χ0v) is 10.4. The summed E-state index contributed by atoms with van der Waals surface area (Å²) in [6, 6.07) is 0. The lowest BCUT2D eigenvalue weighted by Gasteiger charge is -2.11. The van der Waals surface area contributed by atoms with E-state index in [-0.39, 0.29) is 11.9 Å². The van der Waals surface area contributed by atoms with Crippen molar-refractivity contribution >= 4 is 17.7 Å². The zero-order chi connectivity index (χ0) is 11.5. The van der Waals surface area contributed by atoms with Crippen molar-refractivity contribution in [2.75, 3.05) is 31.2 Å². The molecule has 88 valence electrons. The number of hydrogen-bond acceptors (Lipinski definition) is 4. The van der Waals surface area contributed by atoms with Gasteiger partial charge in [-0.05, 0) is 6.92 Å². The maximum Gasteiger partial charge on any atom is 0.309 e. The van der Waals surface area contributed by atoms with E-state index in [1.165, 1.54) is 0 Å². The van der Waals surface area contributed by atoms with Crippen LogP contribution < -0.4 is 5.32 Å². The number of rotatable bonds is 9. The summed E-state index contributed by atoms with van der Waals surface area (Å²) in [5.74, 6) is 1.84. The minimum Gasteiger partial charge on any atom is -0.466 e. The molecule has 1 atom stereocenters. The second kappa shape index (κ2) is 10.1. The molecule has 0 radical (unpaired) electrons. The van der Waals surface area contributed by atoms with Crippen LogP contribution in [0, 0.1) is 5.92 Å². The number of esters is 1. The first-order valence-corrected chi connectivity index (χ1v) is 6.43. The lowest BCUT2D eigenvalue weighted by atomic mass is 10.2. The standard InChI is InChI=1S/C11H21NO2S/c1-4-7-15-8-6-12-9-10(3)11(13)14-5-2/h4,10,12H,1,5-9H2,2-3H3. The first-order chi connectivity index (χ1) is 7.22. The van der Waals surface area contributed by atoms with E-state index >= 15 is 0 Å². The van der Waals surface area contributed by atoms with Crippen LogP contribution in [0.4, 0.5) is 0 Å². The molecular formula is C11H21NO2S. The van der Waals surface area contributed by atoms with Crippen LogP contribution in [0.25, 0.3) is 0 Å². The molecular weight excluding hydrogens is 210 g/mol. The number of thioether (sulfide) groups is 1. The highest BCUT2D eigenvalue weighted by atomic mass is 32.2. The van der Waals surface area contributed by atoms with E-state index in [4.69, 9.17) is 4.74 Å². The van der Waals surface area contributed by atoms with Gasteiger partial charge in [-0.15, -0.1) is 6.58 Å². The summed E-state index contributed by atoms with van der Waals surface area (Å²) in [7, 11) is 0. The Morgan fingerprint density at radius 2 is 2.40 bits per heavy atom. The molecule has 15 heavy (non-hydrogen) atoms. The van der Waals surface area contributed by atoms with Gasteiger partial charge in [-0.3, -0.25) is 4.79 Å². The lowest BCUT2D eigenvalue weighted by Crippen LogP contribution is -2.29. The molecule has 0 aromatic carbocycles. The predicted molar refractivity (Wildman–Crippen MR) is 66.2 cm³/mol. The van der Waals surface area contributed by atoms with Crippen LogP contribution >= 0.6 is 11.8 Å². The van der Waals surface area contributed by atoms with Crippen molar-refractivity contribution in [3.05, 3.63) is 12.7 Å². The average Bonchev–Trinajstić information content (AvgIpc) is 2.23. The van der Waals surface area contributed by atoms with E-state index in [1.807, 2.05) is 31.7 Å².